The topological polar surface area (TPSA) is 12.0 Å². The van der Waals surface area contributed by atoms with Crippen LogP contribution >= 0.6 is 11.6 Å². The summed E-state index contributed by atoms with van der Waals surface area (Å²) >= 11 is 6.13. The molecule has 1 fully saturated rings. The number of aryl methyl sites for hydroxylation is 1. The third-order valence-electron chi connectivity index (χ3n) is 4.73. The molecule has 0 bridgehead atoms. The van der Waals surface area contributed by atoms with E-state index in [-0.39, 0.29) is 0 Å². The average molecular weight is 324 g/mol. The van der Waals surface area contributed by atoms with Gasteiger partial charge in [0, 0.05) is 22.3 Å². The van der Waals surface area contributed by atoms with Crippen LogP contribution in [0.15, 0.2) is 61.3 Å². The van der Waals surface area contributed by atoms with E-state index in [0.29, 0.717) is 22.8 Å². The van der Waals surface area contributed by atoms with Crippen LogP contribution in [-0.4, -0.2) is 0 Å². The fourth-order valence-electron chi connectivity index (χ4n) is 3.43. The number of benzene rings is 2. The van der Waals surface area contributed by atoms with Crippen LogP contribution < -0.4 is 5.32 Å². The summed E-state index contributed by atoms with van der Waals surface area (Å²) in [5.41, 5.74) is 5.74. The molecule has 3 rings (SSSR count). The first-order valence-electron chi connectivity index (χ1n) is 7.95. The minimum absolute atomic E-state index is 0.472. The summed E-state index contributed by atoms with van der Waals surface area (Å²) in [5, 5.41) is 4.17. The Hall–Kier alpha value is -1.99. The molecule has 0 saturated heterocycles. The highest BCUT2D eigenvalue weighted by molar-refractivity contribution is 6.32. The predicted molar refractivity (Wildman–Crippen MR) is 101 cm³/mol. The summed E-state index contributed by atoms with van der Waals surface area (Å²) < 4.78 is 0. The molecular weight excluding hydrogens is 302 g/mol. The zero-order chi connectivity index (χ0) is 16.6. The van der Waals surface area contributed by atoms with Crippen molar-refractivity contribution in [2.45, 2.75) is 19.8 Å². The van der Waals surface area contributed by atoms with Crippen LogP contribution in [-0.2, 0) is 0 Å². The second-order valence-corrected chi connectivity index (χ2v) is 6.82. The lowest BCUT2D eigenvalue weighted by Crippen LogP contribution is -2.02. The molecule has 2 aromatic carbocycles. The van der Waals surface area contributed by atoms with Crippen LogP contribution in [0.5, 0.6) is 0 Å². The molecule has 1 aliphatic carbocycles. The average Bonchev–Trinajstić information content (AvgIpc) is 3.20. The van der Waals surface area contributed by atoms with E-state index in [4.69, 9.17) is 11.6 Å². The SMILES string of the molecule is C=Cc1cc(NC(=C)C2C(C)C2c2cccc(C)c2)ccc1Cl. The van der Waals surface area contributed by atoms with Gasteiger partial charge in [0.25, 0.3) is 0 Å². The van der Waals surface area contributed by atoms with E-state index in [2.05, 4.69) is 56.6 Å². The first-order valence-corrected chi connectivity index (χ1v) is 8.33. The van der Waals surface area contributed by atoms with E-state index in [1.807, 2.05) is 18.2 Å². The van der Waals surface area contributed by atoms with Gasteiger partial charge in [-0.3, -0.25) is 0 Å². The zero-order valence-electron chi connectivity index (χ0n) is 13.6. The number of rotatable bonds is 5. The maximum absolute atomic E-state index is 6.13. The minimum atomic E-state index is 0.472. The van der Waals surface area contributed by atoms with Crippen LogP contribution in [0.4, 0.5) is 5.69 Å². The molecule has 3 atom stereocenters. The Balaban J connectivity index is 1.73. The fraction of sp³-hybridized carbons (Fsp3) is 0.238. The van der Waals surface area contributed by atoms with E-state index in [1.54, 1.807) is 6.08 Å². The maximum atomic E-state index is 6.13. The maximum Gasteiger partial charge on any atom is 0.0479 e. The van der Waals surface area contributed by atoms with Crippen LogP contribution in [0.1, 0.15) is 29.5 Å². The molecule has 3 unspecified atom stereocenters. The highest BCUT2D eigenvalue weighted by atomic mass is 35.5. The smallest absolute Gasteiger partial charge is 0.0479 e. The quantitative estimate of drug-likeness (QED) is 0.684. The van der Waals surface area contributed by atoms with Gasteiger partial charge in [-0.15, -0.1) is 0 Å². The minimum Gasteiger partial charge on any atom is -0.359 e. The van der Waals surface area contributed by atoms with Crippen LogP contribution in [0, 0.1) is 18.8 Å². The molecule has 23 heavy (non-hydrogen) atoms. The summed E-state index contributed by atoms with van der Waals surface area (Å²) in [4.78, 5) is 0. The monoisotopic (exact) mass is 323 g/mol. The van der Waals surface area contributed by atoms with Crippen molar-refractivity contribution in [3.05, 3.63) is 83.0 Å². The van der Waals surface area contributed by atoms with Gasteiger partial charge >= 0.3 is 0 Å². The van der Waals surface area contributed by atoms with Crippen LogP contribution in [0.25, 0.3) is 6.08 Å². The van der Waals surface area contributed by atoms with Gasteiger partial charge in [-0.05, 0) is 48.1 Å². The second-order valence-electron chi connectivity index (χ2n) is 6.42. The Morgan fingerprint density at radius 1 is 1.22 bits per heavy atom. The molecule has 0 aliphatic heterocycles. The van der Waals surface area contributed by atoms with E-state index in [1.165, 1.54) is 11.1 Å². The largest absolute Gasteiger partial charge is 0.359 e. The number of anilines is 1. The van der Waals surface area contributed by atoms with Crippen molar-refractivity contribution in [3.8, 4) is 0 Å². The van der Waals surface area contributed by atoms with Crippen molar-refractivity contribution < 1.29 is 0 Å². The van der Waals surface area contributed by atoms with Gasteiger partial charge < -0.3 is 5.32 Å². The van der Waals surface area contributed by atoms with Crippen molar-refractivity contribution in [1.29, 1.82) is 0 Å². The number of nitrogens with one attached hydrogen (secondary N) is 1. The van der Waals surface area contributed by atoms with Crippen molar-refractivity contribution in [3.63, 3.8) is 0 Å². The van der Waals surface area contributed by atoms with Crippen LogP contribution in [0.2, 0.25) is 5.02 Å². The summed E-state index contributed by atoms with van der Waals surface area (Å²) in [7, 11) is 0. The second kappa shape index (κ2) is 6.25. The molecule has 0 spiro atoms. The summed E-state index contributed by atoms with van der Waals surface area (Å²) in [6, 6.07) is 14.7. The molecule has 0 aromatic heterocycles. The fourth-order valence-corrected chi connectivity index (χ4v) is 3.63. The van der Waals surface area contributed by atoms with E-state index < -0.39 is 0 Å². The lowest BCUT2D eigenvalue weighted by atomic mass is 10.1. The van der Waals surface area contributed by atoms with Gasteiger partial charge in [-0.2, -0.15) is 0 Å². The van der Waals surface area contributed by atoms with Gasteiger partial charge in [-0.25, -0.2) is 0 Å². The van der Waals surface area contributed by atoms with Gasteiger partial charge in [0.05, 0.1) is 0 Å². The standard InChI is InChI=1S/C21H22ClN/c1-5-16-12-18(9-10-19(16)22)23-15(4)20-14(3)21(20)17-8-6-7-13(2)11-17/h5-12,14,20-21,23H,1,4H2,2-3H3. The molecule has 2 aromatic rings. The van der Waals surface area contributed by atoms with Gasteiger partial charge in [0.2, 0.25) is 0 Å². The molecular formula is C21H22ClN. The first kappa shape index (κ1) is 15.9. The molecule has 0 heterocycles. The van der Waals surface area contributed by atoms with Crippen molar-refractivity contribution in [1.82, 2.24) is 0 Å². The zero-order valence-corrected chi connectivity index (χ0v) is 14.4. The number of allylic oxidation sites excluding steroid dienone is 1. The molecule has 1 N–H and O–H groups in total. The molecule has 1 aliphatic rings. The molecule has 2 heteroatoms. The van der Waals surface area contributed by atoms with Gasteiger partial charge in [-0.1, -0.05) is 67.6 Å². The Labute approximate surface area is 143 Å². The first-order chi connectivity index (χ1) is 11.0. The Kier molecular flexibility index (Phi) is 4.32. The number of halogens is 1. The summed E-state index contributed by atoms with van der Waals surface area (Å²) in [5.74, 6) is 1.64. The van der Waals surface area contributed by atoms with Crippen molar-refractivity contribution >= 4 is 23.4 Å². The molecule has 0 radical (unpaired) electrons. The van der Waals surface area contributed by atoms with E-state index in [9.17, 15) is 0 Å². The predicted octanol–water partition coefficient (Wildman–Crippen LogP) is 6.27. The Bertz CT molecular complexity index is 762. The van der Waals surface area contributed by atoms with Gasteiger partial charge in [0.1, 0.15) is 0 Å². The highest BCUT2D eigenvalue weighted by Gasteiger charge is 2.49. The normalized spacial score (nSPS) is 22.5. The highest BCUT2D eigenvalue weighted by Crippen LogP contribution is 2.57. The molecule has 118 valence electrons. The molecule has 0 amide bonds. The van der Waals surface area contributed by atoms with Crippen molar-refractivity contribution in [2.24, 2.45) is 11.8 Å². The Morgan fingerprint density at radius 3 is 2.70 bits per heavy atom. The lowest BCUT2D eigenvalue weighted by molar-refractivity contribution is 0.861. The molecule has 1 nitrogen and oxygen atoms in total. The van der Waals surface area contributed by atoms with E-state index in [0.717, 1.165) is 16.9 Å². The number of hydrogen-bond acceptors (Lipinski definition) is 1. The summed E-state index contributed by atoms with van der Waals surface area (Å²) in [6.45, 7) is 12.5. The number of hydrogen-bond donors (Lipinski definition) is 1. The van der Waals surface area contributed by atoms with Gasteiger partial charge in [0.15, 0.2) is 0 Å². The lowest BCUT2D eigenvalue weighted by Gasteiger charge is -2.11. The van der Waals surface area contributed by atoms with Crippen molar-refractivity contribution in [2.75, 3.05) is 5.32 Å². The summed E-state index contributed by atoms with van der Waals surface area (Å²) in [6.07, 6.45) is 1.77. The Morgan fingerprint density at radius 2 is 2.00 bits per heavy atom. The third kappa shape index (κ3) is 3.20. The third-order valence-corrected chi connectivity index (χ3v) is 5.07. The van der Waals surface area contributed by atoms with E-state index >= 15 is 0 Å². The molecule has 1 saturated carbocycles. The van der Waals surface area contributed by atoms with Crippen LogP contribution in [0.3, 0.4) is 0 Å².